The number of hydrogen-bond acceptors (Lipinski definition) is 7. The highest BCUT2D eigenvalue weighted by Crippen LogP contribution is 2.36. The molecule has 1 amide bonds. The monoisotopic (exact) mass is 580 g/mol. The summed E-state index contributed by atoms with van der Waals surface area (Å²) in [4.78, 5) is 32.7. The van der Waals surface area contributed by atoms with Gasteiger partial charge >= 0.3 is 6.09 Å². The van der Waals surface area contributed by atoms with Gasteiger partial charge in [-0.3, -0.25) is 10.1 Å². The molecule has 11 nitrogen and oxygen atoms in total. The number of tetrazole rings is 1. The lowest BCUT2D eigenvalue weighted by Crippen LogP contribution is -2.24. The molecule has 0 radical (unpaired) electrons. The van der Waals surface area contributed by atoms with Gasteiger partial charge < -0.3 is 14.1 Å². The Hall–Kier alpha value is -4.05. The molecule has 0 saturated heterocycles. The molecule has 2 aromatic carbocycles. The lowest BCUT2D eigenvalue weighted by molar-refractivity contribution is 0.222. The number of H-pyrrole nitrogens is 1. The smallest absolute Gasteiger partial charge is 0.413 e. The molecule has 0 spiro atoms. The average molecular weight is 581 g/mol. The highest BCUT2D eigenvalue weighted by molar-refractivity contribution is 7.10. The van der Waals surface area contributed by atoms with Gasteiger partial charge in [0.05, 0.1) is 26.9 Å². The molecule has 2 N–H and O–H groups in total. The van der Waals surface area contributed by atoms with E-state index in [1.807, 2.05) is 21.6 Å². The zero-order valence-corrected chi connectivity index (χ0v) is 22.7. The topological polar surface area (TPSA) is 133 Å². The fraction of sp³-hybridized carbons (Fsp3) is 0.120. The number of amides is 1. The van der Waals surface area contributed by atoms with E-state index in [2.05, 4.69) is 35.3 Å². The van der Waals surface area contributed by atoms with E-state index >= 15 is 0 Å². The minimum atomic E-state index is -0.593. The predicted octanol–water partition coefficient (Wildman–Crippen LogP) is 5.06. The van der Waals surface area contributed by atoms with E-state index in [-0.39, 0.29) is 11.6 Å². The van der Waals surface area contributed by atoms with Crippen molar-refractivity contribution in [2.75, 3.05) is 5.32 Å². The van der Waals surface area contributed by atoms with E-state index in [9.17, 15) is 9.59 Å². The normalized spacial score (nSPS) is 14.3. The standard InChI is InChI=1S/C25H19Cl2N8O3P/c26-15-3-7-19(34-12-28-32-33-34)18(11-15)14-9-17-6-8-20(35(17)21(36)10-14)24-30-22(23(27)31-24)13-1-4-16(5-2-13)29-25(37)38-39/h1-5,7,9-12,20H,6,8,39H2,(H,29,37)(H,30,31). The van der Waals surface area contributed by atoms with Crippen molar-refractivity contribution >= 4 is 44.4 Å². The van der Waals surface area contributed by atoms with Gasteiger partial charge in [0, 0.05) is 33.6 Å². The van der Waals surface area contributed by atoms with Crippen LogP contribution in [0.25, 0.3) is 28.1 Å². The van der Waals surface area contributed by atoms with Gasteiger partial charge in [-0.25, -0.2) is 9.78 Å². The summed E-state index contributed by atoms with van der Waals surface area (Å²) in [5.74, 6) is 0.592. The Labute approximate surface area is 233 Å². The number of aryl methyl sites for hydroxylation is 1. The van der Waals surface area contributed by atoms with Crippen LogP contribution in [-0.2, 0) is 10.9 Å². The summed E-state index contributed by atoms with van der Waals surface area (Å²) < 4.78 is 7.81. The second kappa shape index (κ2) is 10.3. The number of imidazole rings is 1. The van der Waals surface area contributed by atoms with E-state index in [1.165, 1.54) is 11.0 Å². The Morgan fingerprint density at radius 3 is 2.67 bits per heavy atom. The Balaban J connectivity index is 1.33. The number of nitrogens with one attached hydrogen (secondary N) is 2. The molecule has 2 atom stereocenters. The van der Waals surface area contributed by atoms with Crippen LogP contribution >= 0.6 is 32.7 Å². The van der Waals surface area contributed by atoms with E-state index in [0.717, 1.165) is 22.4 Å². The van der Waals surface area contributed by atoms with Crippen molar-refractivity contribution in [2.24, 2.45) is 0 Å². The summed E-state index contributed by atoms with van der Waals surface area (Å²) >= 11 is 12.8. The first-order valence-corrected chi connectivity index (χ1v) is 13.0. The maximum Gasteiger partial charge on any atom is 0.413 e. The number of nitrogens with zero attached hydrogens (tertiary/aromatic N) is 6. The number of carbonyl (C=O) groups excluding carboxylic acids is 1. The number of fused-ring (bicyclic) bond motifs is 1. The zero-order chi connectivity index (χ0) is 27.1. The summed E-state index contributed by atoms with van der Waals surface area (Å²) in [5.41, 5.74) is 4.84. The van der Waals surface area contributed by atoms with Gasteiger partial charge in [0.2, 0.25) is 0 Å². The molecule has 0 fully saturated rings. The summed E-state index contributed by atoms with van der Waals surface area (Å²) in [6.45, 7) is 0. The summed E-state index contributed by atoms with van der Waals surface area (Å²) in [6.07, 6.45) is 2.25. The molecule has 0 bridgehead atoms. The van der Waals surface area contributed by atoms with E-state index in [0.29, 0.717) is 45.9 Å². The highest BCUT2D eigenvalue weighted by atomic mass is 35.5. The zero-order valence-electron chi connectivity index (χ0n) is 20.0. The molecule has 14 heteroatoms. The molecule has 4 heterocycles. The van der Waals surface area contributed by atoms with Crippen molar-refractivity contribution in [1.29, 1.82) is 0 Å². The van der Waals surface area contributed by atoms with Crippen molar-refractivity contribution in [2.45, 2.75) is 18.9 Å². The van der Waals surface area contributed by atoms with Crippen LogP contribution in [0.4, 0.5) is 10.5 Å². The van der Waals surface area contributed by atoms with Crippen LogP contribution in [-0.4, -0.2) is 40.8 Å². The number of hydrogen-bond donors (Lipinski definition) is 2. The molecule has 39 heavy (non-hydrogen) atoms. The number of benzene rings is 2. The number of halogens is 2. The minimum absolute atomic E-state index is 0.168. The van der Waals surface area contributed by atoms with Gasteiger partial charge in [-0.1, -0.05) is 35.3 Å². The third-order valence-corrected chi connectivity index (χ3v) is 7.24. The van der Waals surface area contributed by atoms with Gasteiger partial charge in [0.1, 0.15) is 12.2 Å². The third-order valence-electron chi connectivity index (χ3n) is 6.52. The third kappa shape index (κ3) is 4.80. The van der Waals surface area contributed by atoms with Crippen LogP contribution in [0.1, 0.15) is 24.0 Å². The molecular weight excluding hydrogens is 562 g/mol. The van der Waals surface area contributed by atoms with Crippen LogP contribution < -0.4 is 10.9 Å². The molecule has 0 saturated carbocycles. The highest BCUT2D eigenvalue weighted by Gasteiger charge is 2.29. The number of anilines is 1. The van der Waals surface area contributed by atoms with Crippen molar-refractivity contribution in [3.05, 3.63) is 93.0 Å². The first-order chi connectivity index (χ1) is 18.9. The van der Waals surface area contributed by atoms with Crippen LogP contribution in [0.15, 0.2) is 65.7 Å². The summed E-state index contributed by atoms with van der Waals surface area (Å²) in [6, 6.07) is 15.7. The predicted molar refractivity (Wildman–Crippen MR) is 149 cm³/mol. The minimum Gasteiger partial charge on any atom is -0.435 e. The van der Waals surface area contributed by atoms with Gasteiger partial charge in [-0.15, -0.1) is 5.10 Å². The average Bonchev–Trinajstić information content (AvgIpc) is 3.69. The molecule has 5 aromatic rings. The maximum atomic E-state index is 13.4. The Kier molecular flexibility index (Phi) is 6.64. The van der Waals surface area contributed by atoms with Crippen molar-refractivity contribution in [1.82, 2.24) is 34.7 Å². The lowest BCUT2D eigenvalue weighted by Gasteiger charge is -2.15. The number of rotatable bonds is 5. The van der Waals surface area contributed by atoms with E-state index in [4.69, 9.17) is 23.2 Å². The fourth-order valence-corrected chi connectivity index (χ4v) is 5.28. The number of aromatic nitrogens is 7. The molecule has 3 aromatic heterocycles. The van der Waals surface area contributed by atoms with Crippen LogP contribution in [0.2, 0.25) is 10.2 Å². The molecule has 1 aliphatic rings. The first kappa shape index (κ1) is 25.2. The summed E-state index contributed by atoms with van der Waals surface area (Å²) in [7, 11) is 1.89. The van der Waals surface area contributed by atoms with Gasteiger partial charge in [0.25, 0.3) is 5.56 Å². The second-order valence-electron chi connectivity index (χ2n) is 8.81. The number of aromatic amines is 1. The van der Waals surface area contributed by atoms with Crippen molar-refractivity contribution in [3.8, 4) is 28.1 Å². The first-order valence-electron chi connectivity index (χ1n) is 11.7. The molecule has 0 aliphatic carbocycles. The number of carbonyl (C=O) groups is 1. The molecule has 6 rings (SSSR count). The van der Waals surface area contributed by atoms with E-state index < -0.39 is 6.09 Å². The van der Waals surface area contributed by atoms with Crippen LogP contribution in [0, 0.1) is 0 Å². The quantitative estimate of drug-likeness (QED) is 0.277. The molecule has 196 valence electrons. The number of pyridine rings is 1. The fourth-order valence-electron chi connectivity index (χ4n) is 4.81. The molecule has 1 aliphatic heterocycles. The largest absolute Gasteiger partial charge is 0.435 e. The van der Waals surface area contributed by atoms with Crippen molar-refractivity contribution in [3.63, 3.8) is 0 Å². The Bertz CT molecular complexity index is 1750. The van der Waals surface area contributed by atoms with Crippen LogP contribution in [0.3, 0.4) is 0 Å². The van der Waals surface area contributed by atoms with Gasteiger partial charge in [-0.2, -0.15) is 4.68 Å². The maximum absolute atomic E-state index is 13.4. The SMILES string of the molecule is O=C(Nc1ccc(-c2[nH]c(C3CCc4cc(-c5cc(Cl)ccc5-n5cnnn5)cc(=O)n43)nc2Cl)cc1)OP. The lowest BCUT2D eigenvalue weighted by atomic mass is 10.0. The Morgan fingerprint density at radius 2 is 1.92 bits per heavy atom. The molecular formula is C25H19Cl2N8O3P. The second-order valence-corrected chi connectivity index (χ2v) is 9.84. The van der Waals surface area contributed by atoms with Crippen molar-refractivity contribution < 1.29 is 9.32 Å². The molecule has 2 unspecified atom stereocenters. The van der Waals surface area contributed by atoms with Gasteiger partial charge in [0.15, 0.2) is 5.15 Å². The van der Waals surface area contributed by atoms with E-state index in [1.54, 1.807) is 47.0 Å². The van der Waals surface area contributed by atoms with Crippen LogP contribution in [0.5, 0.6) is 0 Å². The van der Waals surface area contributed by atoms with Gasteiger partial charge in [-0.05, 0) is 65.2 Å². The Morgan fingerprint density at radius 1 is 1.10 bits per heavy atom. The summed E-state index contributed by atoms with van der Waals surface area (Å²) in [5, 5.41) is 14.8.